The summed E-state index contributed by atoms with van der Waals surface area (Å²) in [6, 6.07) is 14.2. The summed E-state index contributed by atoms with van der Waals surface area (Å²) in [4.78, 5) is 14.3. The van der Waals surface area contributed by atoms with Crippen LogP contribution in [0.4, 0.5) is 0 Å². The van der Waals surface area contributed by atoms with Crippen LogP contribution in [0.25, 0.3) is 16.5 Å². The highest BCUT2D eigenvalue weighted by molar-refractivity contribution is 8.18. The number of thiophene rings is 1. The first-order valence-corrected chi connectivity index (χ1v) is 7.30. The highest BCUT2D eigenvalue weighted by Gasteiger charge is 2.22. The second kappa shape index (κ2) is 5.03. The molecule has 2 heterocycles. The Morgan fingerprint density at radius 2 is 1.89 bits per heavy atom. The maximum Gasteiger partial charge on any atom is 0.264 e. The summed E-state index contributed by atoms with van der Waals surface area (Å²) < 4.78 is 0. The normalized spacial score (nSPS) is 16.9. The average molecular weight is 286 g/mol. The van der Waals surface area contributed by atoms with Crippen LogP contribution >= 0.6 is 23.1 Å². The van der Waals surface area contributed by atoms with Crippen LogP contribution in [0, 0.1) is 5.41 Å². The maximum absolute atomic E-state index is 11.5. The van der Waals surface area contributed by atoms with Crippen LogP contribution in [0.2, 0.25) is 0 Å². The van der Waals surface area contributed by atoms with E-state index in [2.05, 4.69) is 23.5 Å². The topological polar surface area (TPSA) is 53.0 Å². The van der Waals surface area contributed by atoms with Crippen LogP contribution < -0.4 is 5.32 Å². The Bertz CT molecular complexity index is 674. The van der Waals surface area contributed by atoms with E-state index >= 15 is 0 Å². The number of benzene rings is 1. The number of thioether (sulfide) groups is 1. The van der Waals surface area contributed by atoms with E-state index in [9.17, 15) is 4.79 Å². The van der Waals surface area contributed by atoms with Gasteiger partial charge in [-0.25, -0.2) is 0 Å². The quantitative estimate of drug-likeness (QED) is 0.829. The molecule has 3 nitrogen and oxygen atoms in total. The van der Waals surface area contributed by atoms with Crippen LogP contribution in [-0.4, -0.2) is 11.1 Å². The van der Waals surface area contributed by atoms with Crippen molar-refractivity contribution in [3.63, 3.8) is 0 Å². The molecule has 1 amide bonds. The molecule has 0 bridgehead atoms. The van der Waals surface area contributed by atoms with Crippen LogP contribution in [-0.2, 0) is 4.79 Å². The lowest BCUT2D eigenvalue weighted by Gasteiger charge is -1.94. The van der Waals surface area contributed by atoms with E-state index in [1.807, 2.05) is 30.3 Å². The van der Waals surface area contributed by atoms with Crippen LogP contribution in [0.1, 0.15) is 4.88 Å². The lowest BCUT2D eigenvalue weighted by Crippen LogP contribution is -2.18. The zero-order valence-electron chi connectivity index (χ0n) is 9.84. The Hall–Kier alpha value is -1.85. The van der Waals surface area contributed by atoms with Crippen molar-refractivity contribution in [1.82, 2.24) is 5.32 Å². The Kier molecular flexibility index (Phi) is 3.23. The van der Waals surface area contributed by atoms with E-state index in [-0.39, 0.29) is 11.1 Å². The molecule has 1 aliphatic heterocycles. The van der Waals surface area contributed by atoms with Crippen molar-refractivity contribution in [2.24, 2.45) is 0 Å². The van der Waals surface area contributed by atoms with Crippen molar-refractivity contribution < 1.29 is 4.79 Å². The van der Waals surface area contributed by atoms with Gasteiger partial charge in [-0.15, -0.1) is 11.3 Å². The van der Waals surface area contributed by atoms with Gasteiger partial charge in [0.1, 0.15) is 0 Å². The minimum absolute atomic E-state index is 0.190. The van der Waals surface area contributed by atoms with E-state index in [0.717, 1.165) is 16.6 Å². The van der Waals surface area contributed by atoms with Crippen molar-refractivity contribution in [3.8, 4) is 10.4 Å². The van der Waals surface area contributed by atoms with Gasteiger partial charge in [0.25, 0.3) is 5.91 Å². The van der Waals surface area contributed by atoms with E-state index < -0.39 is 0 Å². The Morgan fingerprint density at radius 3 is 2.58 bits per heavy atom. The molecule has 5 heteroatoms. The van der Waals surface area contributed by atoms with Gasteiger partial charge in [0.05, 0.1) is 4.91 Å². The zero-order valence-corrected chi connectivity index (χ0v) is 11.5. The molecule has 1 saturated heterocycles. The molecular weight excluding hydrogens is 276 g/mol. The number of amidine groups is 1. The molecule has 0 unspecified atom stereocenters. The average Bonchev–Trinajstić information content (AvgIpc) is 2.99. The highest BCUT2D eigenvalue weighted by atomic mass is 32.2. The molecule has 1 aromatic carbocycles. The lowest BCUT2D eigenvalue weighted by atomic mass is 10.2. The summed E-state index contributed by atoms with van der Waals surface area (Å²) in [5.74, 6) is -0.190. The van der Waals surface area contributed by atoms with E-state index in [1.165, 1.54) is 10.4 Å². The van der Waals surface area contributed by atoms with Crippen molar-refractivity contribution in [2.75, 3.05) is 0 Å². The fourth-order valence-corrected chi connectivity index (χ4v) is 3.48. The molecule has 2 N–H and O–H groups in total. The third-order valence-electron chi connectivity index (χ3n) is 2.62. The van der Waals surface area contributed by atoms with Gasteiger partial charge < -0.3 is 5.32 Å². The highest BCUT2D eigenvalue weighted by Crippen LogP contribution is 2.32. The number of amides is 1. The van der Waals surface area contributed by atoms with Gasteiger partial charge in [0.15, 0.2) is 5.17 Å². The van der Waals surface area contributed by atoms with Crippen LogP contribution in [0.3, 0.4) is 0 Å². The van der Waals surface area contributed by atoms with Gasteiger partial charge in [-0.2, -0.15) is 0 Å². The van der Waals surface area contributed by atoms with Crippen molar-refractivity contribution in [1.29, 1.82) is 5.41 Å². The number of rotatable bonds is 2. The molecule has 3 rings (SSSR count). The Morgan fingerprint density at radius 1 is 1.11 bits per heavy atom. The van der Waals surface area contributed by atoms with Crippen LogP contribution in [0.15, 0.2) is 47.4 Å². The second-order valence-corrected chi connectivity index (χ2v) is 6.13. The first-order valence-electron chi connectivity index (χ1n) is 5.67. The fourth-order valence-electron chi connectivity index (χ4n) is 1.76. The molecule has 1 fully saturated rings. The van der Waals surface area contributed by atoms with Crippen molar-refractivity contribution >= 4 is 40.2 Å². The van der Waals surface area contributed by atoms with Crippen LogP contribution in [0.5, 0.6) is 0 Å². The number of nitrogens with one attached hydrogen (secondary N) is 2. The second-order valence-electron chi connectivity index (χ2n) is 3.96. The molecule has 0 atom stereocenters. The molecule has 2 aromatic rings. The fraction of sp³-hybridized carbons (Fsp3) is 0. The molecule has 19 heavy (non-hydrogen) atoms. The summed E-state index contributed by atoms with van der Waals surface area (Å²) in [6.07, 6.45) is 1.83. The maximum atomic E-state index is 11.5. The third kappa shape index (κ3) is 2.62. The summed E-state index contributed by atoms with van der Waals surface area (Å²) >= 11 is 2.80. The van der Waals surface area contributed by atoms with Gasteiger partial charge in [0.2, 0.25) is 0 Å². The van der Waals surface area contributed by atoms with Crippen molar-refractivity contribution in [2.45, 2.75) is 0 Å². The largest absolute Gasteiger partial charge is 0.301 e. The number of carbonyl (C=O) groups excluding carboxylic acids is 1. The summed E-state index contributed by atoms with van der Waals surface area (Å²) in [5, 5.41) is 10.1. The molecule has 1 aliphatic rings. The molecule has 0 radical (unpaired) electrons. The van der Waals surface area contributed by atoms with Gasteiger partial charge in [-0.3, -0.25) is 10.2 Å². The predicted molar refractivity (Wildman–Crippen MR) is 81.2 cm³/mol. The lowest BCUT2D eigenvalue weighted by molar-refractivity contribution is -0.115. The van der Waals surface area contributed by atoms with Gasteiger partial charge in [0, 0.05) is 9.75 Å². The molecule has 1 aromatic heterocycles. The van der Waals surface area contributed by atoms with E-state index in [0.29, 0.717) is 4.91 Å². The molecule has 0 aliphatic carbocycles. The smallest absolute Gasteiger partial charge is 0.264 e. The first kappa shape index (κ1) is 12.2. The first-order chi connectivity index (χ1) is 9.22. The minimum Gasteiger partial charge on any atom is -0.301 e. The summed E-state index contributed by atoms with van der Waals surface area (Å²) in [7, 11) is 0. The van der Waals surface area contributed by atoms with Crippen molar-refractivity contribution in [3.05, 3.63) is 52.2 Å². The number of hydrogen-bond acceptors (Lipinski definition) is 4. The molecule has 0 saturated carbocycles. The van der Waals surface area contributed by atoms with Gasteiger partial charge >= 0.3 is 0 Å². The van der Waals surface area contributed by atoms with E-state index in [4.69, 9.17) is 5.41 Å². The SMILES string of the molecule is N=C1NC(=O)/C(=C/c2ccc(-c3ccccc3)s2)S1. The molecule has 94 valence electrons. The van der Waals surface area contributed by atoms with Gasteiger partial charge in [-0.05, 0) is 35.5 Å². The monoisotopic (exact) mass is 286 g/mol. The molecule has 0 spiro atoms. The Labute approximate surface area is 118 Å². The van der Waals surface area contributed by atoms with E-state index in [1.54, 1.807) is 11.3 Å². The van der Waals surface area contributed by atoms with Gasteiger partial charge in [-0.1, -0.05) is 30.3 Å². The standard InChI is InChI=1S/C14H10N2OS2/c15-14-16-13(17)12(19-14)8-10-6-7-11(18-10)9-4-2-1-3-5-9/h1-8H,(H2,15,16,17)/b12-8-. The summed E-state index contributed by atoms with van der Waals surface area (Å²) in [5.41, 5.74) is 1.17. The number of carbonyl (C=O) groups is 1. The Balaban J connectivity index is 1.89. The third-order valence-corrected chi connectivity index (χ3v) is 4.53. The zero-order chi connectivity index (χ0) is 13.2. The summed E-state index contributed by atoms with van der Waals surface area (Å²) in [6.45, 7) is 0. The molecular formula is C14H10N2OS2. The predicted octanol–water partition coefficient (Wildman–Crippen LogP) is 3.55. The number of hydrogen-bond donors (Lipinski definition) is 2. The minimum atomic E-state index is -0.190.